The standard InChI is InChI=1S/C21H22FN3O3/c1-4-14(3)23-19(26)12-24-17-10-9-13(2)11-15(17)20(27)25(21(24)28)18-8-6-5-7-16(18)22/h5-11,14H,4,12H2,1-3H3,(H,23,26)/t14-/m0/s1. The maximum absolute atomic E-state index is 14.3. The lowest BCUT2D eigenvalue weighted by Gasteiger charge is -2.16. The Bertz CT molecular complexity index is 1160. The fraction of sp³-hybridized carbons (Fsp3) is 0.286. The average Bonchev–Trinajstić information content (AvgIpc) is 2.66. The third kappa shape index (κ3) is 3.60. The lowest BCUT2D eigenvalue weighted by Crippen LogP contribution is -2.43. The van der Waals surface area contributed by atoms with Gasteiger partial charge in [-0.1, -0.05) is 30.7 Å². The van der Waals surface area contributed by atoms with Crippen molar-refractivity contribution in [3.05, 3.63) is 74.7 Å². The Kier molecular flexibility index (Phi) is 5.44. The molecule has 0 radical (unpaired) electrons. The summed E-state index contributed by atoms with van der Waals surface area (Å²) in [5.74, 6) is -1.04. The van der Waals surface area contributed by atoms with Gasteiger partial charge in [-0.25, -0.2) is 13.8 Å². The van der Waals surface area contributed by atoms with E-state index in [1.54, 1.807) is 24.3 Å². The molecule has 1 atom stereocenters. The van der Waals surface area contributed by atoms with Gasteiger partial charge in [-0.15, -0.1) is 0 Å². The van der Waals surface area contributed by atoms with Crippen LogP contribution in [0.4, 0.5) is 4.39 Å². The highest BCUT2D eigenvalue weighted by Gasteiger charge is 2.19. The first-order chi connectivity index (χ1) is 13.3. The summed E-state index contributed by atoms with van der Waals surface area (Å²) in [5, 5.41) is 3.06. The van der Waals surface area contributed by atoms with Gasteiger partial charge in [0.05, 0.1) is 16.6 Å². The van der Waals surface area contributed by atoms with E-state index in [2.05, 4.69) is 5.32 Å². The Hall–Kier alpha value is -3.22. The van der Waals surface area contributed by atoms with E-state index in [9.17, 15) is 18.8 Å². The number of aryl methyl sites for hydroxylation is 1. The zero-order valence-electron chi connectivity index (χ0n) is 16.0. The molecule has 0 aliphatic rings. The number of halogens is 1. The van der Waals surface area contributed by atoms with Gasteiger partial charge in [0.25, 0.3) is 5.56 Å². The van der Waals surface area contributed by atoms with Crippen LogP contribution in [-0.4, -0.2) is 21.1 Å². The van der Waals surface area contributed by atoms with Crippen LogP contribution in [0.25, 0.3) is 16.6 Å². The predicted molar refractivity (Wildman–Crippen MR) is 106 cm³/mol. The van der Waals surface area contributed by atoms with E-state index >= 15 is 0 Å². The molecule has 1 amide bonds. The lowest BCUT2D eigenvalue weighted by atomic mass is 10.1. The number of rotatable bonds is 5. The van der Waals surface area contributed by atoms with Gasteiger partial charge < -0.3 is 5.32 Å². The van der Waals surface area contributed by atoms with Crippen LogP contribution < -0.4 is 16.6 Å². The molecule has 3 aromatic rings. The summed E-state index contributed by atoms with van der Waals surface area (Å²) in [4.78, 5) is 38.5. The molecule has 0 saturated carbocycles. The van der Waals surface area contributed by atoms with E-state index in [4.69, 9.17) is 0 Å². The SMILES string of the molecule is CC[C@H](C)NC(=O)Cn1c(=O)n(-c2ccccc2F)c(=O)c2cc(C)ccc21. The molecular weight excluding hydrogens is 361 g/mol. The van der Waals surface area contributed by atoms with Crippen LogP contribution in [-0.2, 0) is 11.3 Å². The molecule has 28 heavy (non-hydrogen) atoms. The van der Waals surface area contributed by atoms with E-state index in [-0.39, 0.29) is 29.6 Å². The van der Waals surface area contributed by atoms with Crippen LogP contribution >= 0.6 is 0 Å². The van der Waals surface area contributed by atoms with E-state index in [1.807, 2.05) is 20.8 Å². The normalized spacial score (nSPS) is 12.1. The number of hydrogen-bond acceptors (Lipinski definition) is 3. The third-order valence-corrected chi connectivity index (χ3v) is 4.71. The molecule has 146 valence electrons. The Morgan fingerprint density at radius 3 is 2.57 bits per heavy atom. The van der Waals surface area contributed by atoms with E-state index in [0.717, 1.165) is 16.6 Å². The zero-order valence-corrected chi connectivity index (χ0v) is 16.0. The summed E-state index contributed by atoms with van der Waals surface area (Å²) in [6.45, 7) is 5.35. The van der Waals surface area contributed by atoms with E-state index < -0.39 is 17.1 Å². The van der Waals surface area contributed by atoms with Gasteiger partial charge in [-0.2, -0.15) is 0 Å². The first-order valence-corrected chi connectivity index (χ1v) is 9.14. The van der Waals surface area contributed by atoms with Crippen molar-refractivity contribution in [3.8, 4) is 5.69 Å². The number of nitrogens with zero attached hydrogens (tertiary/aromatic N) is 2. The molecule has 0 aliphatic heterocycles. The largest absolute Gasteiger partial charge is 0.352 e. The molecule has 3 rings (SSSR count). The van der Waals surface area contributed by atoms with Crippen molar-refractivity contribution in [3.63, 3.8) is 0 Å². The van der Waals surface area contributed by atoms with Gasteiger partial charge in [0.1, 0.15) is 12.4 Å². The molecule has 0 spiro atoms. The van der Waals surface area contributed by atoms with Gasteiger partial charge >= 0.3 is 5.69 Å². The minimum atomic E-state index is -0.759. The molecule has 0 aliphatic carbocycles. The fourth-order valence-electron chi connectivity index (χ4n) is 3.05. The van der Waals surface area contributed by atoms with E-state index in [1.165, 1.54) is 22.8 Å². The number of aromatic nitrogens is 2. The predicted octanol–water partition coefficient (Wildman–Crippen LogP) is 2.51. The van der Waals surface area contributed by atoms with Crippen molar-refractivity contribution >= 4 is 16.8 Å². The van der Waals surface area contributed by atoms with Gasteiger partial charge in [-0.3, -0.25) is 14.2 Å². The Morgan fingerprint density at radius 2 is 1.89 bits per heavy atom. The molecule has 7 heteroatoms. The summed E-state index contributed by atoms with van der Waals surface area (Å²) in [5.41, 5.74) is -0.360. The highest BCUT2D eigenvalue weighted by Crippen LogP contribution is 2.14. The number of nitrogens with one attached hydrogen (secondary N) is 1. The maximum atomic E-state index is 14.3. The van der Waals surface area contributed by atoms with Crippen molar-refractivity contribution in [2.24, 2.45) is 0 Å². The smallest absolute Gasteiger partial charge is 0.336 e. The van der Waals surface area contributed by atoms with Crippen molar-refractivity contribution in [1.29, 1.82) is 0 Å². The monoisotopic (exact) mass is 383 g/mol. The summed E-state index contributed by atoms with van der Waals surface area (Å²) in [6, 6.07) is 10.6. The number of carbonyl (C=O) groups is 1. The summed E-state index contributed by atoms with van der Waals surface area (Å²) < 4.78 is 16.3. The second kappa shape index (κ2) is 7.80. The van der Waals surface area contributed by atoms with Gasteiger partial charge in [-0.05, 0) is 44.5 Å². The molecule has 0 saturated heterocycles. The number of carbonyl (C=O) groups excluding carboxylic acids is 1. The van der Waals surface area contributed by atoms with Crippen LogP contribution in [0.15, 0.2) is 52.1 Å². The molecule has 0 unspecified atom stereocenters. The van der Waals surface area contributed by atoms with Gasteiger partial charge in [0.2, 0.25) is 5.91 Å². The molecule has 6 nitrogen and oxygen atoms in total. The summed E-state index contributed by atoms with van der Waals surface area (Å²) in [7, 11) is 0. The molecular formula is C21H22FN3O3. The van der Waals surface area contributed by atoms with Crippen LogP contribution in [0.3, 0.4) is 0 Å². The zero-order chi connectivity index (χ0) is 20.4. The second-order valence-electron chi connectivity index (χ2n) is 6.86. The van der Waals surface area contributed by atoms with Crippen molar-refractivity contribution in [1.82, 2.24) is 14.5 Å². The molecule has 2 aromatic carbocycles. The number of benzene rings is 2. The van der Waals surface area contributed by atoms with Crippen LogP contribution in [0.1, 0.15) is 25.8 Å². The highest BCUT2D eigenvalue weighted by molar-refractivity contribution is 5.82. The van der Waals surface area contributed by atoms with Gasteiger partial charge in [0, 0.05) is 6.04 Å². The number of fused-ring (bicyclic) bond motifs is 1. The quantitative estimate of drug-likeness (QED) is 0.736. The van der Waals surface area contributed by atoms with Gasteiger partial charge in [0.15, 0.2) is 0 Å². The Labute approximate surface area is 161 Å². The Morgan fingerprint density at radius 1 is 1.18 bits per heavy atom. The molecule has 0 fully saturated rings. The molecule has 0 bridgehead atoms. The number of hydrogen-bond donors (Lipinski definition) is 1. The van der Waals surface area contributed by atoms with Crippen LogP contribution in [0.2, 0.25) is 0 Å². The van der Waals surface area contributed by atoms with Crippen LogP contribution in [0.5, 0.6) is 0 Å². The lowest BCUT2D eigenvalue weighted by molar-refractivity contribution is -0.122. The third-order valence-electron chi connectivity index (χ3n) is 4.71. The first kappa shape index (κ1) is 19.5. The van der Waals surface area contributed by atoms with Crippen LogP contribution in [0, 0.1) is 12.7 Å². The second-order valence-corrected chi connectivity index (χ2v) is 6.86. The van der Waals surface area contributed by atoms with E-state index in [0.29, 0.717) is 5.52 Å². The Balaban J connectivity index is 2.28. The van der Waals surface area contributed by atoms with Crippen molar-refractivity contribution in [2.45, 2.75) is 39.8 Å². The highest BCUT2D eigenvalue weighted by atomic mass is 19.1. The van der Waals surface area contributed by atoms with Crippen molar-refractivity contribution in [2.75, 3.05) is 0 Å². The topological polar surface area (TPSA) is 73.1 Å². The minimum Gasteiger partial charge on any atom is -0.352 e. The summed E-state index contributed by atoms with van der Waals surface area (Å²) >= 11 is 0. The molecule has 1 heterocycles. The summed E-state index contributed by atoms with van der Waals surface area (Å²) in [6.07, 6.45) is 0.745. The molecule has 1 aromatic heterocycles. The maximum Gasteiger partial charge on any atom is 0.336 e. The first-order valence-electron chi connectivity index (χ1n) is 9.14. The minimum absolute atomic E-state index is 0.0471. The molecule has 1 N–H and O–H groups in total. The number of amides is 1. The number of para-hydroxylation sites is 1. The average molecular weight is 383 g/mol. The van der Waals surface area contributed by atoms with Crippen molar-refractivity contribution < 1.29 is 9.18 Å². The fourth-order valence-corrected chi connectivity index (χ4v) is 3.05.